The fraction of sp³-hybridized carbons (Fsp3) is 0.207. The summed E-state index contributed by atoms with van der Waals surface area (Å²) in [6, 6.07) is 13.1. The number of fused-ring (bicyclic) bond motifs is 1. The van der Waals surface area contributed by atoms with E-state index in [1.165, 1.54) is 11.8 Å². The highest BCUT2D eigenvalue weighted by atomic mass is 35.5. The topological polar surface area (TPSA) is 127 Å². The van der Waals surface area contributed by atoms with Crippen LogP contribution in [0.2, 0.25) is 15.1 Å². The van der Waals surface area contributed by atoms with Gasteiger partial charge in [0.05, 0.1) is 28.5 Å². The van der Waals surface area contributed by atoms with E-state index in [1.807, 2.05) is 13.8 Å². The van der Waals surface area contributed by atoms with Crippen LogP contribution in [0.5, 0.6) is 5.75 Å². The first-order valence-corrected chi connectivity index (χ1v) is 14.1. The Morgan fingerprint density at radius 3 is 2.50 bits per heavy atom. The number of nitrogens with one attached hydrogen (secondary N) is 3. The van der Waals surface area contributed by atoms with Gasteiger partial charge < -0.3 is 15.0 Å². The van der Waals surface area contributed by atoms with Crippen LogP contribution in [0.15, 0.2) is 59.5 Å². The summed E-state index contributed by atoms with van der Waals surface area (Å²) in [5, 5.41) is 11.4. The third-order valence-electron chi connectivity index (χ3n) is 6.25. The van der Waals surface area contributed by atoms with Crippen molar-refractivity contribution in [3.8, 4) is 11.4 Å². The number of carbonyl (C=O) groups excluding carboxylic acids is 1. The number of H-pyrrole nitrogens is 1. The third-order valence-corrected chi connectivity index (χ3v) is 7.04. The summed E-state index contributed by atoms with van der Waals surface area (Å²) in [5.74, 6) is 1.46. The third kappa shape index (κ3) is 6.35. The van der Waals surface area contributed by atoms with Gasteiger partial charge in [-0.1, -0.05) is 60.8 Å². The van der Waals surface area contributed by atoms with Gasteiger partial charge in [-0.05, 0) is 54.3 Å². The maximum absolute atomic E-state index is 13.4. The van der Waals surface area contributed by atoms with Crippen LogP contribution >= 0.6 is 34.8 Å². The number of ether oxygens (including phenoxy) is 1. The first-order chi connectivity index (χ1) is 20.1. The number of halogens is 3. The lowest BCUT2D eigenvalue weighted by Crippen LogP contribution is -2.20. The zero-order chi connectivity index (χ0) is 30.0. The molecule has 5 rings (SSSR count). The molecular weight excluding hydrogens is 601 g/mol. The summed E-state index contributed by atoms with van der Waals surface area (Å²) in [7, 11) is 1.50. The van der Waals surface area contributed by atoms with Crippen LogP contribution in [0.1, 0.15) is 30.9 Å². The first-order valence-electron chi connectivity index (χ1n) is 12.9. The molecule has 3 heterocycles. The van der Waals surface area contributed by atoms with Gasteiger partial charge in [-0.25, -0.2) is 19.4 Å². The standard InChI is InChI=1S/C29H26Cl3N7O3/c1-15(2)10-21-25-27(39(38-21)26-18(31)13-17(30)14-19(26)32)35-24(36-28(25)40)12-16-7-8-20(22(11-16)42-3)34-29(41)37-23-6-4-5-9-33-23/h4-9,11,13-15H,10,12H2,1-3H3,(H,35,36,40)(H2,33,34,37,41). The lowest BCUT2D eigenvalue weighted by Gasteiger charge is -2.13. The second-order valence-electron chi connectivity index (χ2n) is 9.89. The molecule has 2 amide bonds. The van der Waals surface area contributed by atoms with Crippen molar-refractivity contribution in [2.75, 3.05) is 17.7 Å². The Hall–Kier alpha value is -4.12. The van der Waals surface area contributed by atoms with Crippen molar-refractivity contribution < 1.29 is 9.53 Å². The number of carbonyl (C=O) groups is 1. The van der Waals surface area contributed by atoms with E-state index in [4.69, 9.17) is 49.6 Å². The number of nitrogens with zero attached hydrogens (tertiary/aromatic N) is 4. The lowest BCUT2D eigenvalue weighted by atomic mass is 10.1. The van der Waals surface area contributed by atoms with Crippen molar-refractivity contribution in [1.82, 2.24) is 24.7 Å². The van der Waals surface area contributed by atoms with Crippen LogP contribution in [0.4, 0.5) is 16.3 Å². The zero-order valence-electron chi connectivity index (χ0n) is 22.8. The number of hydrogen-bond donors (Lipinski definition) is 3. The van der Waals surface area contributed by atoms with E-state index in [0.29, 0.717) is 56.9 Å². The summed E-state index contributed by atoms with van der Waals surface area (Å²) in [5.41, 5.74) is 2.20. The molecule has 0 aliphatic rings. The van der Waals surface area contributed by atoms with Crippen molar-refractivity contribution in [1.29, 1.82) is 0 Å². The van der Waals surface area contributed by atoms with Crippen LogP contribution in [-0.2, 0) is 12.8 Å². The van der Waals surface area contributed by atoms with Crippen molar-refractivity contribution in [3.05, 3.63) is 97.2 Å². The normalized spacial score (nSPS) is 11.2. The van der Waals surface area contributed by atoms with Crippen LogP contribution in [-0.4, -0.2) is 37.9 Å². The maximum Gasteiger partial charge on any atom is 0.324 e. The molecule has 0 aliphatic carbocycles. The number of methoxy groups -OCH3 is 1. The van der Waals surface area contributed by atoms with Gasteiger partial charge in [-0.3, -0.25) is 10.1 Å². The predicted octanol–water partition coefficient (Wildman–Crippen LogP) is 6.91. The Labute approximate surface area is 256 Å². The average Bonchev–Trinajstić information content (AvgIpc) is 3.26. The molecule has 5 aromatic rings. The Bertz CT molecular complexity index is 1820. The molecule has 2 aromatic carbocycles. The van der Waals surface area contributed by atoms with E-state index in [0.717, 1.165) is 5.56 Å². The lowest BCUT2D eigenvalue weighted by molar-refractivity contribution is 0.262. The minimum atomic E-state index is -0.471. The molecule has 0 saturated heterocycles. The highest BCUT2D eigenvalue weighted by molar-refractivity contribution is 6.40. The van der Waals surface area contributed by atoms with Gasteiger partial charge in [0, 0.05) is 17.6 Å². The smallest absolute Gasteiger partial charge is 0.324 e. The molecule has 10 nitrogen and oxygen atoms in total. The number of benzene rings is 2. The molecule has 3 N–H and O–H groups in total. The van der Waals surface area contributed by atoms with Gasteiger partial charge in [0.2, 0.25) is 0 Å². The van der Waals surface area contributed by atoms with Crippen LogP contribution < -0.4 is 20.9 Å². The monoisotopic (exact) mass is 625 g/mol. The van der Waals surface area contributed by atoms with E-state index in [-0.39, 0.29) is 27.9 Å². The highest BCUT2D eigenvalue weighted by Gasteiger charge is 2.22. The number of pyridine rings is 1. The fourth-order valence-electron chi connectivity index (χ4n) is 4.49. The van der Waals surface area contributed by atoms with Gasteiger partial charge in [-0.15, -0.1) is 0 Å². The van der Waals surface area contributed by atoms with Gasteiger partial charge in [0.15, 0.2) is 5.65 Å². The molecule has 0 atom stereocenters. The number of hydrogen-bond acceptors (Lipinski definition) is 6. The second kappa shape index (κ2) is 12.4. The van der Waals surface area contributed by atoms with Crippen molar-refractivity contribution in [2.45, 2.75) is 26.7 Å². The van der Waals surface area contributed by atoms with E-state index >= 15 is 0 Å². The van der Waals surface area contributed by atoms with E-state index in [1.54, 1.807) is 54.7 Å². The summed E-state index contributed by atoms with van der Waals surface area (Å²) in [6.07, 6.45) is 2.39. The molecule has 0 bridgehead atoms. The predicted molar refractivity (Wildman–Crippen MR) is 166 cm³/mol. The number of urea groups is 1. The Morgan fingerprint density at radius 1 is 1.07 bits per heavy atom. The summed E-state index contributed by atoms with van der Waals surface area (Å²) in [4.78, 5) is 37.6. The molecule has 13 heteroatoms. The molecule has 0 radical (unpaired) electrons. The zero-order valence-corrected chi connectivity index (χ0v) is 25.1. The molecule has 0 saturated carbocycles. The quantitative estimate of drug-likeness (QED) is 0.172. The first kappa shape index (κ1) is 29.4. The molecule has 0 aliphatic heterocycles. The Kier molecular flexibility index (Phi) is 8.67. The van der Waals surface area contributed by atoms with Crippen molar-refractivity contribution >= 4 is 63.4 Å². The van der Waals surface area contributed by atoms with Crippen LogP contribution in [0, 0.1) is 5.92 Å². The van der Waals surface area contributed by atoms with E-state index in [9.17, 15) is 9.59 Å². The Balaban J connectivity index is 1.49. The largest absolute Gasteiger partial charge is 0.495 e. The average molecular weight is 627 g/mol. The summed E-state index contributed by atoms with van der Waals surface area (Å²) >= 11 is 19.2. The number of aromatic nitrogens is 5. The molecule has 42 heavy (non-hydrogen) atoms. The Morgan fingerprint density at radius 2 is 1.83 bits per heavy atom. The molecular formula is C29H26Cl3N7O3. The maximum atomic E-state index is 13.4. The molecule has 216 valence electrons. The fourth-order valence-corrected chi connectivity index (χ4v) is 5.47. The molecule has 0 spiro atoms. The second-order valence-corrected chi connectivity index (χ2v) is 11.1. The number of aromatic amines is 1. The van der Waals surface area contributed by atoms with Gasteiger partial charge in [-0.2, -0.15) is 5.10 Å². The van der Waals surface area contributed by atoms with Crippen molar-refractivity contribution in [2.24, 2.45) is 5.92 Å². The van der Waals surface area contributed by atoms with E-state index < -0.39 is 6.03 Å². The number of anilines is 2. The summed E-state index contributed by atoms with van der Waals surface area (Å²) in [6.45, 7) is 4.08. The van der Waals surface area contributed by atoms with Gasteiger partial charge in [0.25, 0.3) is 5.56 Å². The van der Waals surface area contributed by atoms with Crippen LogP contribution in [0.3, 0.4) is 0 Å². The number of rotatable bonds is 8. The minimum Gasteiger partial charge on any atom is -0.495 e. The highest BCUT2D eigenvalue weighted by Crippen LogP contribution is 2.34. The number of amides is 2. The van der Waals surface area contributed by atoms with Crippen LogP contribution in [0.25, 0.3) is 16.7 Å². The molecule has 3 aromatic heterocycles. The van der Waals surface area contributed by atoms with Gasteiger partial charge in [0.1, 0.15) is 28.5 Å². The van der Waals surface area contributed by atoms with Gasteiger partial charge >= 0.3 is 6.03 Å². The summed E-state index contributed by atoms with van der Waals surface area (Å²) < 4.78 is 7.02. The van der Waals surface area contributed by atoms with Crippen molar-refractivity contribution in [3.63, 3.8) is 0 Å². The minimum absolute atomic E-state index is 0.234. The molecule has 0 unspecified atom stereocenters. The van der Waals surface area contributed by atoms with E-state index in [2.05, 4.69) is 20.6 Å². The SMILES string of the molecule is COc1cc(Cc2nc3c(c(CC(C)C)nn3-c3c(Cl)cc(Cl)cc3Cl)c(=O)[nH]2)ccc1NC(=O)Nc1ccccn1. The molecule has 0 fully saturated rings.